The molecule has 3 N–H and O–H groups in total. The van der Waals surface area contributed by atoms with Crippen LogP contribution in [0.5, 0.6) is 5.75 Å². The Morgan fingerprint density at radius 2 is 2.13 bits per heavy atom. The van der Waals surface area contributed by atoms with Gasteiger partial charge in [-0.25, -0.2) is 4.79 Å². The molecule has 0 aliphatic carbocycles. The third-order valence-electron chi connectivity index (χ3n) is 3.66. The van der Waals surface area contributed by atoms with E-state index in [1.165, 1.54) is 4.90 Å². The van der Waals surface area contributed by atoms with Crippen molar-refractivity contribution in [2.24, 2.45) is 5.73 Å². The Labute approximate surface area is 135 Å². The maximum absolute atomic E-state index is 12.4. The number of hydrogen-bond donors (Lipinski definition) is 2. The van der Waals surface area contributed by atoms with Gasteiger partial charge in [0.1, 0.15) is 18.4 Å². The Bertz CT molecular complexity index is 550. The largest absolute Gasteiger partial charge is 0.489 e. The van der Waals surface area contributed by atoms with Crippen molar-refractivity contribution >= 4 is 17.6 Å². The average molecular weight is 321 g/mol. The van der Waals surface area contributed by atoms with Gasteiger partial charge >= 0.3 is 6.03 Å². The van der Waals surface area contributed by atoms with Crippen molar-refractivity contribution in [2.75, 3.05) is 31.7 Å². The molecule has 7 heteroatoms. The predicted molar refractivity (Wildman–Crippen MR) is 86.4 cm³/mol. The number of amides is 3. The lowest BCUT2D eigenvalue weighted by Gasteiger charge is -2.23. The highest BCUT2D eigenvalue weighted by atomic mass is 16.5. The van der Waals surface area contributed by atoms with Crippen LogP contribution in [-0.2, 0) is 9.53 Å². The summed E-state index contributed by atoms with van der Waals surface area (Å²) in [5.74, 6) is 0.0919. The molecule has 1 aromatic rings. The van der Waals surface area contributed by atoms with Gasteiger partial charge in [-0.15, -0.1) is 0 Å². The zero-order chi connectivity index (χ0) is 16.7. The normalized spacial score (nSPS) is 17.1. The number of ether oxygens (including phenoxy) is 2. The smallest absolute Gasteiger partial charge is 0.322 e. The van der Waals surface area contributed by atoms with Gasteiger partial charge in [0.25, 0.3) is 0 Å². The highest BCUT2D eigenvalue weighted by Gasteiger charge is 2.32. The first-order valence-corrected chi connectivity index (χ1v) is 7.80. The molecule has 1 saturated heterocycles. The molecule has 1 heterocycles. The Balaban J connectivity index is 1.99. The van der Waals surface area contributed by atoms with E-state index in [1.54, 1.807) is 18.2 Å². The molecule has 0 saturated carbocycles. The quantitative estimate of drug-likeness (QED) is 0.746. The maximum atomic E-state index is 12.4. The Morgan fingerprint density at radius 1 is 1.35 bits per heavy atom. The number of urea groups is 1. The second-order valence-electron chi connectivity index (χ2n) is 5.23. The van der Waals surface area contributed by atoms with E-state index >= 15 is 0 Å². The molecule has 0 spiro atoms. The fourth-order valence-electron chi connectivity index (χ4n) is 2.54. The molecule has 1 atom stereocenters. The first-order chi connectivity index (χ1) is 11.1. The van der Waals surface area contributed by atoms with Gasteiger partial charge < -0.3 is 25.4 Å². The average Bonchev–Trinajstić information content (AvgIpc) is 3.03. The van der Waals surface area contributed by atoms with E-state index < -0.39 is 11.9 Å². The lowest BCUT2D eigenvalue weighted by Crippen LogP contribution is -2.45. The van der Waals surface area contributed by atoms with Crippen molar-refractivity contribution in [3.63, 3.8) is 0 Å². The molecule has 2 rings (SSSR count). The summed E-state index contributed by atoms with van der Waals surface area (Å²) in [5, 5.41) is 2.79. The molecular formula is C16H23N3O4. The first kappa shape index (κ1) is 17.1. The number of hydrogen-bond acceptors (Lipinski definition) is 4. The molecule has 1 aliphatic heterocycles. The molecule has 7 nitrogen and oxygen atoms in total. The van der Waals surface area contributed by atoms with Crippen LogP contribution in [0, 0.1) is 0 Å². The van der Waals surface area contributed by atoms with Crippen LogP contribution in [0.4, 0.5) is 10.5 Å². The minimum absolute atomic E-state index is 0.341. The van der Waals surface area contributed by atoms with Crippen LogP contribution in [-0.4, -0.2) is 49.2 Å². The summed E-state index contributed by atoms with van der Waals surface area (Å²) in [6.07, 6.45) is 1.38. The van der Waals surface area contributed by atoms with Crippen LogP contribution in [0.3, 0.4) is 0 Å². The second kappa shape index (κ2) is 8.38. The minimum atomic E-state index is -0.541. The highest BCUT2D eigenvalue weighted by Crippen LogP contribution is 2.25. The van der Waals surface area contributed by atoms with Crippen LogP contribution in [0.2, 0.25) is 0 Å². The van der Waals surface area contributed by atoms with Gasteiger partial charge in [-0.05, 0) is 31.9 Å². The second-order valence-corrected chi connectivity index (χ2v) is 5.23. The van der Waals surface area contributed by atoms with E-state index in [9.17, 15) is 9.59 Å². The van der Waals surface area contributed by atoms with Crippen molar-refractivity contribution in [3.05, 3.63) is 24.3 Å². The van der Waals surface area contributed by atoms with Crippen molar-refractivity contribution in [2.45, 2.75) is 25.8 Å². The summed E-state index contributed by atoms with van der Waals surface area (Å²) in [4.78, 5) is 25.3. The van der Waals surface area contributed by atoms with Crippen LogP contribution in [0.1, 0.15) is 19.8 Å². The molecule has 0 radical (unpaired) electrons. The number of nitrogens with one attached hydrogen (secondary N) is 1. The van der Waals surface area contributed by atoms with E-state index in [0.717, 1.165) is 6.42 Å². The highest BCUT2D eigenvalue weighted by molar-refractivity contribution is 5.94. The van der Waals surface area contributed by atoms with Gasteiger partial charge in [0.15, 0.2) is 0 Å². The molecule has 0 bridgehead atoms. The van der Waals surface area contributed by atoms with Gasteiger partial charge in [-0.3, -0.25) is 4.79 Å². The standard InChI is InChI=1S/C16H23N3O4/c1-2-22-10-11-23-14-8-4-3-6-12(14)18-16(21)19-9-5-7-13(19)15(17)20/h3-4,6,8,13H,2,5,7,9-11H2,1H3,(H2,17,20)(H,18,21). The number of nitrogens with two attached hydrogens (primary N) is 1. The van der Waals surface area contributed by atoms with Crippen molar-refractivity contribution in [3.8, 4) is 5.75 Å². The van der Waals surface area contributed by atoms with Gasteiger partial charge in [0, 0.05) is 13.2 Å². The molecule has 1 unspecified atom stereocenters. The predicted octanol–water partition coefficient (Wildman–Crippen LogP) is 1.58. The summed E-state index contributed by atoms with van der Waals surface area (Å²) in [6.45, 7) is 3.94. The third kappa shape index (κ3) is 4.59. The number of benzene rings is 1. The number of carbonyl (C=O) groups is 2. The van der Waals surface area contributed by atoms with E-state index in [4.69, 9.17) is 15.2 Å². The summed E-state index contributed by atoms with van der Waals surface area (Å²) in [5.41, 5.74) is 5.90. The Morgan fingerprint density at radius 3 is 2.87 bits per heavy atom. The fraction of sp³-hybridized carbons (Fsp3) is 0.500. The van der Waals surface area contributed by atoms with Crippen molar-refractivity contribution in [1.82, 2.24) is 4.90 Å². The number of primary amides is 1. The molecule has 3 amide bonds. The maximum Gasteiger partial charge on any atom is 0.322 e. The van der Waals surface area contributed by atoms with Crippen LogP contribution in [0.15, 0.2) is 24.3 Å². The number of likely N-dealkylation sites (tertiary alicyclic amines) is 1. The van der Waals surface area contributed by atoms with Gasteiger partial charge in [-0.1, -0.05) is 12.1 Å². The van der Waals surface area contributed by atoms with Gasteiger partial charge in [0.2, 0.25) is 5.91 Å². The minimum Gasteiger partial charge on any atom is -0.489 e. The van der Waals surface area contributed by atoms with Crippen molar-refractivity contribution in [1.29, 1.82) is 0 Å². The van der Waals surface area contributed by atoms with E-state index in [2.05, 4.69) is 5.32 Å². The number of carbonyl (C=O) groups excluding carboxylic acids is 2. The van der Waals surface area contributed by atoms with E-state index in [0.29, 0.717) is 44.2 Å². The molecule has 1 aliphatic rings. The lowest BCUT2D eigenvalue weighted by molar-refractivity contribution is -0.121. The lowest BCUT2D eigenvalue weighted by atomic mass is 10.2. The monoisotopic (exact) mass is 321 g/mol. The van der Waals surface area contributed by atoms with Crippen LogP contribution < -0.4 is 15.8 Å². The molecule has 0 aromatic heterocycles. The zero-order valence-electron chi connectivity index (χ0n) is 13.3. The molecule has 23 heavy (non-hydrogen) atoms. The van der Waals surface area contributed by atoms with E-state index in [-0.39, 0.29) is 6.03 Å². The number of nitrogens with zero attached hydrogens (tertiary/aromatic N) is 1. The molecule has 126 valence electrons. The molecular weight excluding hydrogens is 298 g/mol. The van der Waals surface area contributed by atoms with Crippen molar-refractivity contribution < 1.29 is 19.1 Å². The fourth-order valence-corrected chi connectivity index (χ4v) is 2.54. The van der Waals surface area contributed by atoms with Gasteiger partial charge in [-0.2, -0.15) is 0 Å². The number of rotatable bonds is 7. The van der Waals surface area contributed by atoms with Gasteiger partial charge in [0.05, 0.1) is 12.3 Å². The summed E-state index contributed by atoms with van der Waals surface area (Å²) in [7, 11) is 0. The van der Waals surface area contributed by atoms with Crippen LogP contribution >= 0.6 is 0 Å². The Hall–Kier alpha value is -2.28. The molecule has 1 aromatic carbocycles. The first-order valence-electron chi connectivity index (χ1n) is 7.80. The SMILES string of the molecule is CCOCCOc1ccccc1NC(=O)N1CCCC1C(N)=O. The van der Waals surface area contributed by atoms with E-state index in [1.807, 2.05) is 13.0 Å². The zero-order valence-corrected chi connectivity index (χ0v) is 13.3. The Kier molecular flexibility index (Phi) is 6.22. The number of para-hydroxylation sites is 2. The summed E-state index contributed by atoms with van der Waals surface area (Å²) >= 11 is 0. The topological polar surface area (TPSA) is 93.9 Å². The summed E-state index contributed by atoms with van der Waals surface area (Å²) < 4.78 is 10.9. The third-order valence-corrected chi connectivity index (χ3v) is 3.66. The number of anilines is 1. The molecule has 1 fully saturated rings. The van der Waals surface area contributed by atoms with Crippen LogP contribution in [0.25, 0.3) is 0 Å². The summed E-state index contributed by atoms with van der Waals surface area (Å²) in [6, 6.07) is 6.28.